The summed E-state index contributed by atoms with van der Waals surface area (Å²) in [6.45, 7) is 2.28. The summed E-state index contributed by atoms with van der Waals surface area (Å²) in [7, 11) is 0. The third-order valence-corrected chi connectivity index (χ3v) is 4.33. The molecule has 1 N–H and O–H groups in total. The molecule has 88 valence electrons. The average Bonchev–Trinajstić information content (AvgIpc) is 2.71. The fourth-order valence-corrected chi connectivity index (χ4v) is 2.94. The van der Waals surface area contributed by atoms with Gasteiger partial charge in [0.1, 0.15) is 0 Å². The molecule has 0 amide bonds. The van der Waals surface area contributed by atoms with Crippen molar-refractivity contribution in [2.75, 3.05) is 5.32 Å². The smallest absolute Gasteiger partial charge is 0.0501 e. The molecule has 0 bridgehead atoms. The number of rotatable bonds is 3. The summed E-state index contributed by atoms with van der Waals surface area (Å²) in [5.74, 6) is 0.899. The Morgan fingerprint density at radius 3 is 2.94 bits per heavy atom. The Bertz CT molecular complexity index is 367. The second-order valence-corrected chi connectivity index (χ2v) is 5.84. The molecule has 1 fully saturated rings. The second kappa shape index (κ2) is 5.42. The molecule has 1 aliphatic rings. The molecule has 0 saturated heterocycles. The van der Waals surface area contributed by atoms with Gasteiger partial charge in [-0.25, -0.2) is 0 Å². The monoisotopic (exact) mass is 301 g/mol. The first kappa shape index (κ1) is 12.3. The summed E-state index contributed by atoms with van der Waals surface area (Å²) in [5.41, 5.74) is 1.12. The molecule has 2 atom stereocenters. The van der Waals surface area contributed by atoms with Gasteiger partial charge in [-0.3, -0.25) is 0 Å². The highest BCUT2D eigenvalue weighted by molar-refractivity contribution is 9.10. The Morgan fingerprint density at radius 1 is 1.44 bits per heavy atom. The maximum absolute atomic E-state index is 6.00. The van der Waals surface area contributed by atoms with Crippen molar-refractivity contribution >= 4 is 33.2 Å². The summed E-state index contributed by atoms with van der Waals surface area (Å²) >= 11 is 9.55. The van der Waals surface area contributed by atoms with Crippen molar-refractivity contribution in [3.63, 3.8) is 0 Å². The maximum Gasteiger partial charge on any atom is 0.0501 e. The van der Waals surface area contributed by atoms with Gasteiger partial charge in [0, 0.05) is 15.5 Å². The lowest BCUT2D eigenvalue weighted by Crippen LogP contribution is -2.15. The second-order valence-electron chi connectivity index (χ2n) is 4.55. The van der Waals surface area contributed by atoms with E-state index in [1.807, 2.05) is 18.2 Å². The van der Waals surface area contributed by atoms with Crippen LogP contribution >= 0.6 is 27.5 Å². The zero-order valence-corrected chi connectivity index (χ0v) is 11.8. The van der Waals surface area contributed by atoms with E-state index >= 15 is 0 Å². The van der Waals surface area contributed by atoms with E-state index in [1.54, 1.807) is 0 Å². The molecule has 2 rings (SSSR count). The average molecular weight is 303 g/mol. The predicted molar refractivity (Wildman–Crippen MR) is 74.2 cm³/mol. The Hall–Kier alpha value is -0.210. The van der Waals surface area contributed by atoms with Crippen LogP contribution in [0.25, 0.3) is 0 Å². The van der Waals surface area contributed by atoms with Crippen LogP contribution in [0.5, 0.6) is 0 Å². The van der Waals surface area contributed by atoms with Crippen molar-refractivity contribution in [3.05, 3.63) is 27.7 Å². The highest BCUT2D eigenvalue weighted by atomic mass is 79.9. The summed E-state index contributed by atoms with van der Waals surface area (Å²) < 4.78 is 1.09. The largest absolute Gasteiger partial charge is 0.381 e. The van der Waals surface area contributed by atoms with Gasteiger partial charge in [-0.05, 0) is 59.3 Å². The first-order valence-electron chi connectivity index (χ1n) is 5.90. The quantitative estimate of drug-likeness (QED) is 0.819. The molecular formula is C13H17BrClN. The van der Waals surface area contributed by atoms with E-state index in [9.17, 15) is 0 Å². The van der Waals surface area contributed by atoms with Gasteiger partial charge in [0.05, 0.1) is 5.69 Å². The fourth-order valence-electron chi connectivity index (χ4n) is 2.40. The SMILES string of the molecule is CCC1CCC(Nc2cc(Cl)ccc2Br)C1. The molecular weight excluding hydrogens is 286 g/mol. The van der Waals surface area contributed by atoms with Crippen LogP contribution < -0.4 is 5.32 Å². The van der Waals surface area contributed by atoms with E-state index < -0.39 is 0 Å². The predicted octanol–water partition coefficient (Wildman–Crippen LogP) is 5.09. The van der Waals surface area contributed by atoms with E-state index in [1.165, 1.54) is 25.7 Å². The number of hydrogen-bond donors (Lipinski definition) is 1. The molecule has 0 aromatic heterocycles. The molecule has 1 aromatic rings. The maximum atomic E-state index is 6.00. The van der Waals surface area contributed by atoms with E-state index in [2.05, 4.69) is 28.2 Å². The van der Waals surface area contributed by atoms with Crippen LogP contribution in [0.2, 0.25) is 5.02 Å². The van der Waals surface area contributed by atoms with Crippen molar-refractivity contribution < 1.29 is 0 Å². The highest BCUT2D eigenvalue weighted by Crippen LogP contribution is 2.33. The van der Waals surface area contributed by atoms with Gasteiger partial charge < -0.3 is 5.32 Å². The first-order chi connectivity index (χ1) is 7.69. The molecule has 1 saturated carbocycles. The summed E-state index contributed by atoms with van der Waals surface area (Å²) in [6, 6.07) is 6.50. The van der Waals surface area contributed by atoms with E-state index in [0.29, 0.717) is 6.04 Å². The van der Waals surface area contributed by atoms with Gasteiger partial charge in [-0.2, -0.15) is 0 Å². The lowest BCUT2D eigenvalue weighted by molar-refractivity contribution is 0.525. The summed E-state index contributed by atoms with van der Waals surface area (Å²) in [4.78, 5) is 0. The van der Waals surface area contributed by atoms with Crippen LogP contribution in [-0.4, -0.2) is 6.04 Å². The lowest BCUT2D eigenvalue weighted by Gasteiger charge is -2.16. The van der Waals surface area contributed by atoms with Gasteiger partial charge in [0.15, 0.2) is 0 Å². The number of benzene rings is 1. The molecule has 16 heavy (non-hydrogen) atoms. The first-order valence-corrected chi connectivity index (χ1v) is 7.07. The van der Waals surface area contributed by atoms with Crippen molar-refractivity contribution in [2.45, 2.75) is 38.6 Å². The van der Waals surface area contributed by atoms with Crippen LogP contribution in [0.1, 0.15) is 32.6 Å². The molecule has 0 heterocycles. The van der Waals surface area contributed by atoms with Gasteiger partial charge in [0.25, 0.3) is 0 Å². The van der Waals surface area contributed by atoms with Crippen LogP contribution in [0, 0.1) is 5.92 Å². The summed E-state index contributed by atoms with van der Waals surface area (Å²) in [6.07, 6.45) is 5.22. The standard InChI is InChI=1S/C13H17BrClN/c1-2-9-3-5-11(7-9)16-13-8-10(15)4-6-12(13)14/h4,6,8-9,11,16H,2-3,5,7H2,1H3. The zero-order chi connectivity index (χ0) is 11.5. The third kappa shape index (κ3) is 2.92. The van der Waals surface area contributed by atoms with Crippen LogP contribution in [-0.2, 0) is 0 Å². The van der Waals surface area contributed by atoms with Crippen molar-refractivity contribution in [1.82, 2.24) is 0 Å². The Balaban J connectivity index is 2.01. The van der Waals surface area contributed by atoms with Crippen molar-refractivity contribution in [1.29, 1.82) is 0 Å². The van der Waals surface area contributed by atoms with E-state index in [-0.39, 0.29) is 0 Å². The molecule has 1 aliphatic carbocycles. The molecule has 0 spiro atoms. The Kier molecular flexibility index (Phi) is 4.15. The Labute approximate surface area is 111 Å². The topological polar surface area (TPSA) is 12.0 Å². The number of hydrogen-bond acceptors (Lipinski definition) is 1. The van der Waals surface area contributed by atoms with Crippen molar-refractivity contribution in [2.24, 2.45) is 5.92 Å². The summed E-state index contributed by atoms with van der Waals surface area (Å²) in [5, 5.41) is 4.37. The molecule has 0 radical (unpaired) electrons. The van der Waals surface area contributed by atoms with Gasteiger partial charge in [-0.15, -0.1) is 0 Å². The third-order valence-electron chi connectivity index (χ3n) is 3.41. The lowest BCUT2D eigenvalue weighted by atomic mass is 10.1. The van der Waals surface area contributed by atoms with Crippen LogP contribution in [0.3, 0.4) is 0 Å². The van der Waals surface area contributed by atoms with Gasteiger partial charge >= 0.3 is 0 Å². The van der Waals surface area contributed by atoms with Gasteiger partial charge in [0.2, 0.25) is 0 Å². The van der Waals surface area contributed by atoms with Crippen molar-refractivity contribution in [3.8, 4) is 0 Å². The minimum absolute atomic E-state index is 0.611. The number of halogens is 2. The molecule has 3 heteroatoms. The number of anilines is 1. The Morgan fingerprint density at radius 2 is 2.25 bits per heavy atom. The number of nitrogens with one attached hydrogen (secondary N) is 1. The zero-order valence-electron chi connectivity index (χ0n) is 9.47. The normalized spacial score (nSPS) is 24.7. The molecule has 1 nitrogen and oxygen atoms in total. The fraction of sp³-hybridized carbons (Fsp3) is 0.538. The van der Waals surface area contributed by atoms with Crippen LogP contribution in [0.15, 0.2) is 22.7 Å². The van der Waals surface area contributed by atoms with Crippen LogP contribution in [0.4, 0.5) is 5.69 Å². The minimum atomic E-state index is 0.611. The highest BCUT2D eigenvalue weighted by Gasteiger charge is 2.23. The molecule has 0 aliphatic heterocycles. The van der Waals surface area contributed by atoms with E-state index in [0.717, 1.165) is 21.1 Å². The van der Waals surface area contributed by atoms with Gasteiger partial charge in [-0.1, -0.05) is 24.9 Å². The molecule has 2 unspecified atom stereocenters. The van der Waals surface area contributed by atoms with E-state index in [4.69, 9.17) is 11.6 Å². The molecule has 1 aromatic carbocycles. The minimum Gasteiger partial charge on any atom is -0.381 e.